The molecular formula is C21H24FN3O3. The Bertz CT molecular complexity index is 818. The number of rotatable bonds is 7. The second kappa shape index (κ2) is 9.43. The predicted molar refractivity (Wildman–Crippen MR) is 105 cm³/mol. The number of carbonyl (C=O) groups is 2. The molecule has 28 heavy (non-hydrogen) atoms. The molecule has 3 rings (SSSR count). The lowest BCUT2D eigenvalue weighted by Gasteiger charge is -2.31. The first-order chi connectivity index (χ1) is 13.5. The summed E-state index contributed by atoms with van der Waals surface area (Å²) in [5, 5.41) is 2.72. The summed E-state index contributed by atoms with van der Waals surface area (Å²) >= 11 is 0. The molecule has 1 fully saturated rings. The number of ether oxygens (including phenoxy) is 1. The number of benzene rings is 2. The first-order valence-corrected chi connectivity index (χ1v) is 9.22. The molecule has 0 aliphatic carbocycles. The van der Waals surface area contributed by atoms with Crippen molar-refractivity contribution in [1.82, 2.24) is 9.80 Å². The highest BCUT2D eigenvalue weighted by atomic mass is 19.1. The number of piperazine rings is 1. The second-order valence-electron chi connectivity index (χ2n) is 6.87. The summed E-state index contributed by atoms with van der Waals surface area (Å²) in [4.78, 5) is 29.0. The van der Waals surface area contributed by atoms with Gasteiger partial charge in [-0.1, -0.05) is 12.1 Å². The Hall–Kier alpha value is -2.77. The minimum atomic E-state index is -0.366. The van der Waals surface area contributed by atoms with Gasteiger partial charge in [-0.25, -0.2) is 4.39 Å². The number of hydrogen-bond acceptors (Lipinski definition) is 5. The van der Waals surface area contributed by atoms with Gasteiger partial charge in [0.05, 0.1) is 6.54 Å². The van der Waals surface area contributed by atoms with Gasteiger partial charge in [0.2, 0.25) is 0 Å². The Morgan fingerprint density at radius 3 is 2.50 bits per heavy atom. The zero-order chi connectivity index (χ0) is 19.9. The van der Waals surface area contributed by atoms with E-state index in [2.05, 4.69) is 22.2 Å². The quantitative estimate of drug-likeness (QED) is 0.741. The van der Waals surface area contributed by atoms with Crippen molar-refractivity contribution in [3.63, 3.8) is 0 Å². The Kier molecular flexibility index (Phi) is 6.73. The molecule has 148 valence electrons. The molecule has 1 saturated heterocycles. The van der Waals surface area contributed by atoms with Gasteiger partial charge in [-0.2, -0.15) is 0 Å². The zero-order valence-corrected chi connectivity index (χ0v) is 15.9. The molecule has 0 atom stereocenters. The van der Waals surface area contributed by atoms with Gasteiger partial charge in [0.1, 0.15) is 11.6 Å². The van der Waals surface area contributed by atoms with Crippen LogP contribution in [0, 0.1) is 5.82 Å². The SMILES string of the molecule is CN1CCN(CC(=O)c2cccc(NC(=O)COc3ccc(F)cc3)c2)CC1. The van der Waals surface area contributed by atoms with Crippen LogP contribution in [-0.4, -0.2) is 67.9 Å². The molecule has 7 heteroatoms. The second-order valence-corrected chi connectivity index (χ2v) is 6.87. The summed E-state index contributed by atoms with van der Waals surface area (Å²) in [6, 6.07) is 12.3. The fraction of sp³-hybridized carbons (Fsp3) is 0.333. The minimum absolute atomic E-state index is 0.0308. The van der Waals surface area contributed by atoms with Gasteiger partial charge in [0.15, 0.2) is 12.4 Å². The molecular weight excluding hydrogens is 361 g/mol. The van der Waals surface area contributed by atoms with Crippen molar-refractivity contribution < 1.29 is 18.7 Å². The van der Waals surface area contributed by atoms with Crippen molar-refractivity contribution in [1.29, 1.82) is 0 Å². The Balaban J connectivity index is 1.51. The van der Waals surface area contributed by atoms with E-state index in [1.807, 2.05) is 0 Å². The number of halogens is 1. The van der Waals surface area contributed by atoms with E-state index < -0.39 is 0 Å². The van der Waals surface area contributed by atoms with E-state index >= 15 is 0 Å². The van der Waals surface area contributed by atoms with Crippen molar-refractivity contribution >= 4 is 17.4 Å². The van der Waals surface area contributed by atoms with E-state index in [0.29, 0.717) is 23.5 Å². The van der Waals surface area contributed by atoms with E-state index in [1.54, 1.807) is 24.3 Å². The van der Waals surface area contributed by atoms with Crippen LogP contribution in [0.2, 0.25) is 0 Å². The van der Waals surface area contributed by atoms with Crippen LogP contribution in [0.4, 0.5) is 10.1 Å². The molecule has 2 aromatic rings. The maximum atomic E-state index is 12.9. The van der Waals surface area contributed by atoms with Gasteiger partial charge in [0.25, 0.3) is 5.91 Å². The van der Waals surface area contributed by atoms with Crippen LogP contribution < -0.4 is 10.1 Å². The summed E-state index contributed by atoms with van der Waals surface area (Å²) in [5.74, 6) is -0.279. The molecule has 0 aromatic heterocycles. The summed E-state index contributed by atoms with van der Waals surface area (Å²) in [6.45, 7) is 3.83. The van der Waals surface area contributed by atoms with Gasteiger partial charge >= 0.3 is 0 Å². The highest BCUT2D eigenvalue weighted by molar-refractivity contribution is 5.99. The molecule has 0 saturated carbocycles. The summed E-state index contributed by atoms with van der Waals surface area (Å²) in [7, 11) is 2.07. The van der Waals surface area contributed by atoms with Crippen molar-refractivity contribution in [2.24, 2.45) is 0 Å². The first-order valence-electron chi connectivity index (χ1n) is 9.22. The monoisotopic (exact) mass is 385 g/mol. The summed E-state index contributed by atoms with van der Waals surface area (Å²) < 4.78 is 18.2. The van der Waals surface area contributed by atoms with Gasteiger partial charge in [-0.15, -0.1) is 0 Å². The van der Waals surface area contributed by atoms with E-state index in [9.17, 15) is 14.0 Å². The van der Waals surface area contributed by atoms with Crippen molar-refractivity contribution in [2.75, 3.05) is 51.7 Å². The Morgan fingerprint density at radius 1 is 1.07 bits per heavy atom. The molecule has 1 heterocycles. The summed E-state index contributed by atoms with van der Waals surface area (Å²) in [5.41, 5.74) is 1.10. The fourth-order valence-corrected chi connectivity index (χ4v) is 2.95. The minimum Gasteiger partial charge on any atom is -0.484 e. The molecule has 1 aliphatic heterocycles. The Morgan fingerprint density at radius 2 is 1.79 bits per heavy atom. The van der Waals surface area contributed by atoms with Crippen LogP contribution in [-0.2, 0) is 4.79 Å². The lowest BCUT2D eigenvalue weighted by molar-refractivity contribution is -0.118. The number of amides is 1. The third-order valence-corrected chi connectivity index (χ3v) is 4.61. The van der Waals surface area contributed by atoms with Crippen molar-refractivity contribution in [3.05, 3.63) is 59.9 Å². The molecule has 1 aliphatic rings. The van der Waals surface area contributed by atoms with E-state index in [-0.39, 0.29) is 24.1 Å². The van der Waals surface area contributed by atoms with Crippen LogP contribution >= 0.6 is 0 Å². The molecule has 1 amide bonds. The van der Waals surface area contributed by atoms with Gasteiger partial charge in [0, 0.05) is 37.4 Å². The van der Waals surface area contributed by atoms with E-state index in [1.165, 1.54) is 24.3 Å². The predicted octanol–water partition coefficient (Wildman–Crippen LogP) is 2.27. The van der Waals surface area contributed by atoms with Crippen molar-refractivity contribution in [3.8, 4) is 5.75 Å². The van der Waals surface area contributed by atoms with Gasteiger partial charge in [-0.3, -0.25) is 14.5 Å². The normalized spacial score (nSPS) is 15.2. The lowest BCUT2D eigenvalue weighted by atomic mass is 10.1. The number of likely N-dealkylation sites (N-methyl/N-ethyl adjacent to an activating group) is 1. The van der Waals surface area contributed by atoms with Crippen LogP contribution in [0.3, 0.4) is 0 Å². The topological polar surface area (TPSA) is 61.9 Å². The number of nitrogens with zero attached hydrogens (tertiary/aromatic N) is 2. The zero-order valence-electron chi connectivity index (χ0n) is 15.9. The fourth-order valence-electron chi connectivity index (χ4n) is 2.95. The molecule has 2 aromatic carbocycles. The van der Waals surface area contributed by atoms with Crippen LogP contribution in [0.5, 0.6) is 5.75 Å². The Labute approximate surface area is 163 Å². The number of Topliss-reactive ketones (excluding diaryl/α,β-unsaturated/α-hetero) is 1. The number of carbonyl (C=O) groups excluding carboxylic acids is 2. The number of hydrogen-bond donors (Lipinski definition) is 1. The van der Waals surface area contributed by atoms with E-state index in [0.717, 1.165) is 26.2 Å². The van der Waals surface area contributed by atoms with E-state index in [4.69, 9.17) is 4.74 Å². The largest absolute Gasteiger partial charge is 0.484 e. The maximum Gasteiger partial charge on any atom is 0.262 e. The summed E-state index contributed by atoms with van der Waals surface area (Å²) in [6.07, 6.45) is 0. The molecule has 0 spiro atoms. The number of ketones is 1. The highest BCUT2D eigenvalue weighted by Crippen LogP contribution is 2.14. The lowest BCUT2D eigenvalue weighted by Crippen LogP contribution is -2.46. The van der Waals surface area contributed by atoms with Gasteiger partial charge < -0.3 is 15.0 Å². The number of anilines is 1. The average Bonchev–Trinajstić information content (AvgIpc) is 2.69. The smallest absolute Gasteiger partial charge is 0.262 e. The first kappa shape index (κ1) is 20.0. The van der Waals surface area contributed by atoms with Crippen LogP contribution in [0.25, 0.3) is 0 Å². The molecule has 1 N–H and O–H groups in total. The average molecular weight is 385 g/mol. The standard InChI is InChI=1S/C21H24FN3O3/c1-24-9-11-25(12-10-24)14-20(26)16-3-2-4-18(13-16)23-21(27)15-28-19-7-5-17(22)6-8-19/h2-8,13H,9-12,14-15H2,1H3,(H,23,27). The number of nitrogens with one attached hydrogen (secondary N) is 1. The van der Waals surface area contributed by atoms with Crippen LogP contribution in [0.1, 0.15) is 10.4 Å². The van der Waals surface area contributed by atoms with Gasteiger partial charge in [-0.05, 0) is 43.4 Å². The van der Waals surface area contributed by atoms with Crippen molar-refractivity contribution in [2.45, 2.75) is 0 Å². The molecule has 6 nitrogen and oxygen atoms in total. The molecule has 0 unspecified atom stereocenters. The highest BCUT2D eigenvalue weighted by Gasteiger charge is 2.17. The third kappa shape index (κ3) is 5.87. The molecule has 0 radical (unpaired) electrons. The maximum absolute atomic E-state index is 12.9. The third-order valence-electron chi connectivity index (χ3n) is 4.61. The van der Waals surface area contributed by atoms with Crippen LogP contribution in [0.15, 0.2) is 48.5 Å². The molecule has 0 bridgehead atoms.